The number of hydrogen-bond acceptors (Lipinski definition) is 6. The summed E-state index contributed by atoms with van der Waals surface area (Å²) in [6.45, 7) is 5.18. The molecule has 0 aliphatic rings. The van der Waals surface area contributed by atoms with Crippen molar-refractivity contribution in [1.29, 1.82) is 0 Å². The molecule has 4 rings (SSSR count). The molecular formula is C22H19ClF3N5O2S2. The number of hydrogen-bond donors (Lipinski definition) is 1. The molecule has 35 heavy (non-hydrogen) atoms. The number of rotatable bonds is 5. The van der Waals surface area contributed by atoms with Crippen molar-refractivity contribution in [3.05, 3.63) is 65.0 Å². The Balaban J connectivity index is 1.74. The van der Waals surface area contributed by atoms with Crippen LogP contribution in [0.15, 0.2) is 59.9 Å². The fourth-order valence-corrected chi connectivity index (χ4v) is 5.61. The Morgan fingerprint density at radius 3 is 2.40 bits per heavy atom. The van der Waals surface area contributed by atoms with Gasteiger partial charge in [0.1, 0.15) is 6.33 Å². The van der Waals surface area contributed by atoms with E-state index in [0.717, 1.165) is 17.4 Å². The maximum atomic E-state index is 13.5. The number of aromatic nitrogens is 4. The van der Waals surface area contributed by atoms with E-state index >= 15 is 0 Å². The van der Waals surface area contributed by atoms with Gasteiger partial charge in [0.15, 0.2) is 5.69 Å². The summed E-state index contributed by atoms with van der Waals surface area (Å²) in [5.41, 5.74) is -0.936. The predicted molar refractivity (Wildman–Crippen MR) is 128 cm³/mol. The third-order valence-electron chi connectivity index (χ3n) is 4.52. The third kappa shape index (κ3) is 5.89. The first kappa shape index (κ1) is 25.3. The Labute approximate surface area is 208 Å². The van der Waals surface area contributed by atoms with Crippen molar-refractivity contribution in [2.24, 2.45) is 0 Å². The summed E-state index contributed by atoms with van der Waals surface area (Å²) < 4.78 is 70.2. The van der Waals surface area contributed by atoms with Crippen molar-refractivity contribution in [1.82, 2.24) is 24.2 Å². The molecule has 0 saturated heterocycles. The second-order valence-electron chi connectivity index (χ2n) is 8.59. The van der Waals surface area contributed by atoms with Gasteiger partial charge in [-0.1, -0.05) is 23.7 Å². The van der Waals surface area contributed by atoms with Crippen LogP contribution in [-0.4, -0.2) is 33.5 Å². The van der Waals surface area contributed by atoms with Crippen LogP contribution >= 0.6 is 22.9 Å². The van der Waals surface area contributed by atoms with Gasteiger partial charge in [0.2, 0.25) is 16.0 Å². The van der Waals surface area contributed by atoms with Crippen LogP contribution in [0.2, 0.25) is 4.34 Å². The quantitative estimate of drug-likeness (QED) is 0.344. The van der Waals surface area contributed by atoms with Gasteiger partial charge in [-0.15, -0.1) is 11.3 Å². The average molecular weight is 542 g/mol. The van der Waals surface area contributed by atoms with E-state index in [9.17, 15) is 21.6 Å². The molecule has 1 N–H and O–H groups in total. The third-order valence-corrected chi connectivity index (χ3v) is 7.53. The van der Waals surface area contributed by atoms with Gasteiger partial charge in [-0.05, 0) is 51.1 Å². The number of halogens is 4. The molecule has 0 unspecified atom stereocenters. The van der Waals surface area contributed by atoms with Gasteiger partial charge in [-0.25, -0.2) is 28.1 Å². The molecule has 0 aliphatic carbocycles. The molecule has 0 spiro atoms. The first-order chi connectivity index (χ1) is 16.2. The smallest absolute Gasteiger partial charge is 0.274 e. The lowest BCUT2D eigenvalue weighted by molar-refractivity contribution is -0.141. The minimum atomic E-state index is -4.69. The lowest BCUT2D eigenvalue weighted by Crippen LogP contribution is -2.40. The highest BCUT2D eigenvalue weighted by molar-refractivity contribution is 7.89. The molecule has 184 valence electrons. The molecule has 3 aromatic heterocycles. The van der Waals surface area contributed by atoms with Crippen molar-refractivity contribution in [2.75, 3.05) is 0 Å². The molecule has 0 atom stereocenters. The van der Waals surface area contributed by atoms with Gasteiger partial charge < -0.3 is 0 Å². The molecule has 0 fully saturated rings. The highest BCUT2D eigenvalue weighted by atomic mass is 35.5. The summed E-state index contributed by atoms with van der Waals surface area (Å²) in [4.78, 5) is 12.6. The first-order valence-electron chi connectivity index (χ1n) is 10.1. The normalized spacial score (nSPS) is 12.8. The van der Waals surface area contributed by atoms with Crippen LogP contribution in [0.1, 0.15) is 26.5 Å². The minimum absolute atomic E-state index is 0.0339. The predicted octanol–water partition coefficient (Wildman–Crippen LogP) is 5.81. The summed E-state index contributed by atoms with van der Waals surface area (Å²) in [6, 6.07) is 10.1. The van der Waals surface area contributed by atoms with Crippen LogP contribution in [0.4, 0.5) is 13.2 Å². The fraction of sp³-hybridized carbons (Fsp3) is 0.227. The Kier molecular flexibility index (Phi) is 6.51. The number of nitrogens with zero attached hydrogens (tertiary/aromatic N) is 4. The van der Waals surface area contributed by atoms with Gasteiger partial charge in [-0.2, -0.15) is 13.2 Å². The molecule has 0 saturated carbocycles. The Morgan fingerprint density at radius 2 is 1.77 bits per heavy atom. The van der Waals surface area contributed by atoms with E-state index in [2.05, 4.69) is 19.7 Å². The van der Waals surface area contributed by atoms with Crippen LogP contribution in [-0.2, 0) is 16.2 Å². The second kappa shape index (κ2) is 9.01. The maximum Gasteiger partial charge on any atom is 0.433 e. The molecule has 1 aromatic carbocycles. The van der Waals surface area contributed by atoms with Gasteiger partial charge >= 0.3 is 6.18 Å². The number of thiophene rings is 1. The number of benzene rings is 1. The molecule has 0 amide bonds. The zero-order valence-electron chi connectivity index (χ0n) is 18.6. The average Bonchev–Trinajstić information content (AvgIpc) is 3.41. The summed E-state index contributed by atoms with van der Waals surface area (Å²) in [7, 11) is -3.79. The molecule has 0 bridgehead atoms. The van der Waals surface area contributed by atoms with E-state index < -0.39 is 27.4 Å². The van der Waals surface area contributed by atoms with Crippen molar-refractivity contribution >= 4 is 33.0 Å². The van der Waals surface area contributed by atoms with Crippen molar-refractivity contribution in [2.45, 2.75) is 37.4 Å². The summed E-state index contributed by atoms with van der Waals surface area (Å²) in [5, 5.41) is 0. The van der Waals surface area contributed by atoms with E-state index in [4.69, 9.17) is 11.6 Å². The second-order valence-corrected chi connectivity index (χ2v) is 12.0. The maximum absolute atomic E-state index is 13.5. The van der Waals surface area contributed by atoms with Gasteiger partial charge in [0, 0.05) is 17.3 Å². The largest absolute Gasteiger partial charge is 0.433 e. The monoisotopic (exact) mass is 541 g/mol. The molecule has 4 aromatic rings. The molecule has 0 radical (unpaired) electrons. The highest BCUT2D eigenvalue weighted by Crippen LogP contribution is 2.34. The van der Waals surface area contributed by atoms with E-state index in [1.165, 1.54) is 29.2 Å². The SMILES string of the molecule is CC(C)(C)NS(=O)(=O)c1cccc(-c2cn(-c3nc(-c4ccc(Cl)s4)cc(C(F)(F)F)n3)cn2)c1. The Hall–Kier alpha value is -2.80. The van der Waals surface area contributed by atoms with Gasteiger partial charge in [-0.3, -0.25) is 4.57 Å². The number of imidazole rings is 1. The summed E-state index contributed by atoms with van der Waals surface area (Å²) >= 11 is 7.03. The van der Waals surface area contributed by atoms with E-state index in [-0.39, 0.29) is 16.5 Å². The number of sulfonamides is 1. The van der Waals surface area contributed by atoms with Crippen LogP contribution in [0.3, 0.4) is 0 Å². The lowest BCUT2D eigenvalue weighted by atomic mass is 10.1. The lowest BCUT2D eigenvalue weighted by Gasteiger charge is -2.20. The summed E-state index contributed by atoms with van der Waals surface area (Å²) in [6.07, 6.45) is -1.99. The van der Waals surface area contributed by atoms with E-state index in [1.807, 2.05) is 0 Å². The van der Waals surface area contributed by atoms with Crippen LogP contribution in [0, 0.1) is 0 Å². The van der Waals surface area contributed by atoms with Crippen LogP contribution in [0.5, 0.6) is 0 Å². The molecule has 7 nitrogen and oxygen atoms in total. The van der Waals surface area contributed by atoms with E-state index in [1.54, 1.807) is 45.0 Å². The molecule has 13 heteroatoms. The topological polar surface area (TPSA) is 89.8 Å². The summed E-state index contributed by atoms with van der Waals surface area (Å²) in [5.74, 6) is -0.240. The standard InChI is InChI=1S/C22H19ClF3N5O2S2/c1-21(2,3)30-35(32,33)14-6-4-5-13(9-14)16-11-31(12-27-16)20-28-15(17-7-8-19(23)34-17)10-18(29-20)22(24,25)26/h4-12,30H,1-3H3. The Bertz CT molecular complexity index is 1490. The number of alkyl halides is 3. The van der Waals surface area contributed by atoms with Crippen molar-refractivity contribution < 1.29 is 21.6 Å². The zero-order valence-corrected chi connectivity index (χ0v) is 21.0. The van der Waals surface area contributed by atoms with Crippen LogP contribution in [0.25, 0.3) is 27.8 Å². The van der Waals surface area contributed by atoms with Gasteiger partial charge in [0.25, 0.3) is 0 Å². The van der Waals surface area contributed by atoms with Crippen molar-refractivity contribution in [3.8, 4) is 27.8 Å². The molecule has 3 heterocycles. The highest BCUT2D eigenvalue weighted by Gasteiger charge is 2.34. The minimum Gasteiger partial charge on any atom is -0.274 e. The van der Waals surface area contributed by atoms with Crippen LogP contribution < -0.4 is 4.72 Å². The van der Waals surface area contributed by atoms with Gasteiger partial charge in [0.05, 0.1) is 25.5 Å². The molecule has 0 aliphatic heterocycles. The fourth-order valence-electron chi connectivity index (χ4n) is 3.14. The zero-order chi connectivity index (χ0) is 25.6. The van der Waals surface area contributed by atoms with E-state index in [0.29, 0.717) is 20.5 Å². The Morgan fingerprint density at radius 1 is 1.03 bits per heavy atom. The molecular weight excluding hydrogens is 523 g/mol. The van der Waals surface area contributed by atoms with Crippen molar-refractivity contribution in [3.63, 3.8) is 0 Å². The first-order valence-corrected chi connectivity index (χ1v) is 12.8. The number of nitrogens with one attached hydrogen (secondary N) is 1.